The summed E-state index contributed by atoms with van der Waals surface area (Å²) in [4.78, 5) is 23.5. The number of anilines is 2. The quantitative estimate of drug-likeness (QED) is 0.497. The van der Waals surface area contributed by atoms with Gasteiger partial charge in [0.15, 0.2) is 6.61 Å². The van der Waals surface area contributed by atoms with Crippen molar-refractivity contribution in [1.82, 2.24) is 5.32 Å². The summed E-state index contributed by atoms with van der Waals surface area (Å²) in [5, 5.41) is 6.99. The van der Waals surface area contributed by atoms with Gasteiger partial charge in [-0.15, -0.1) is 11.3 Å². The van der Waals surface area contributed by atoms with E-state index in [1.165, 1.54) is 11.4 Å². The van der Waals surface area contributed by atoms with E-state index in [4.69, 9.17) is 4.74 Å². The Morgan fingerprint density at radius 3 is 2.28 bits per heavy atom. The highest BCUT2D eigenvalue weighted by Gasteiger charge is 2.22. The van der Waals surface area contributed by atoms with Gasteiger partial charge in [0.05, 0.1) is 12.1 Å². The van der Waals surface area contributed by atoms with Gasteiger partial charge in [0, 0.05) is 19.8 Å². The van der Waals surface area contributed by atoms with Crippen LogP contribution in [0.15, 0.2) is 70.3 Å². The van der Waals surface area contributed by atoms with Gasteiger partial charge in [-0.2, -0.15) is 0 Å². The van der Waals surface area contributed by atoms with Crippen molar-refractivity contribution in [2.24, 2.45) is 0 Å². The van der Waals surface area contributed by atoms with Crippen molar-refractivity contribution in [2.45, 2.75) is 10.6 Å². The van der Waals surface area contributed by atoms with Gasteiger partial charge in [0.2, 0.25) is 5.91 Å². The molecule has 0 radical (unpaired) electrons. The zero-order chi connectivity index (χ0) is 23.1. The molecular weight excluding hydrogens is 450 g/mol. The number of ether oxygens (including phenoxy) is 1. The van der Waals surface area contributed by atoms with Crippen LogP contribution in [-0.4, -0.2) is 40.9 Å². The van der Waals surface area contributed by atoms with Crippen LogP contribution in [0.2, 0.25) is 0 Å². The minimum absolute atomic E-state index is 0.0866. The van der Waals surface area contributed by atoms with E-state index in [-0.39, 0.29) is 29.1 Å². The normalized spacial score (nSPS) is 10.9. The standard InChI is InChI=1S/C22H23N3O5S2/c1-23-20(26)14-16-5-7-17(8-6-16)24-21(27)15-30-19-11-9-18(10-12-19)25(2)32(28,29)22-4-3-13-31-22/h3-13H,14-15H2,1-2H3,(H,23,26)(H,24,27). The fourth-order valence-corrected chi connectivity index (χ4v) is 5.12. The number of amides is 2. The summed E-state index contributed by atoms with van der Waals surface area (Å²) in [5.74, 6) is 0.00813. The first-order chi connectivity index (χ1) is 15.3. The fourth-order valence-electron chi connectivity index (χ4n) is 2.76. The molecule has 1 aromatic heterocycles. The van der Waals surface area contributed by atoms with Gasteiger partial charge < -0.3 is 15.4 Å². The van der Waals surface area contributed by atoms with Gasteiger partial charge in [-0.1, -0.05) is 18.2 Å². The SMILES string of the molecule is CNC(=O)Cc1ccc(NC(=O)COc2ccc(N(C)S(=O)(=O)c3cccs3)cc2)cc1. The Hall–Kier alpha value is -3.37. The molecular formula is C22H23N3O5S2. The number of nitrogens with zero attached hydrogens (tertiary/aromatic N) is 1. The van der Waals surface area contributed by atoms with Crippen molar-refractivity contribution in [3.8, 4) is 5.75 Å². The van der Waals surface area contributed by atoms with Crippen molar-refractivity contribution in [3.05, 3.63) is 71.6 Å². The average molecular weight is 474 g/mol. The minimum atomic E-state index is -3.61. The molecule has 1 heterocycles. The highest BCUT2D eigenvalue weighted by molar-refractivity contribution is 7.94. The largest absolute Gasteiger partial charge is 0.484 e. The molecule has 8 nitrogen and oxygen atoms in total. The number of benzene rings is 2. The van der Waals surface area contributed by atoms with E-state index in [0.717, 1.165) is 16.9 Å². The van der Waals surface area contributed by atoms with Crippen molar-refractivity contribution < 1.29 is 22.7 Å². The summed E-state index contributed by atoms with van der Waals surface area (Å²) in [6, 6.07) is 16.7. The number of rotatable bonds is 9. The first-order valence-corrected chi connectivity index (χ1v) is 12.0. The summed E-state index contributed by atoms with van der Waals surface area (Å²) in [6.45, 7) is -0.206. The van der Waals surface area contributed by atoms with E-state index in [0.29, 0.717) is 17.1 Å². The summed E-state index contributed by atoms with van der Waals surface area (Å²) < 4.78 is 32.1. The Labute approximate surface area is 190 Å². The molecule has 0 atom stereocenters. The van der Waals surface area contributed by atoms with Crippen molar-refractivity contribution >= 4 is 44.5 Å². The molecule has 0 aliphatic rings. The summed E-state index contributed by atoms with van der Waals surface area (Å²) in [6.07, 6.45) is 0.271. The van der Waals surface area contributed by atoms with E-state index in [2.05, 4.69) is 10.6 Å². The van der Waals surface area contributed by atoms with E-state index in [1.807, 2.05) is 0 Å². The summed E-state index contributed by atoms with van der Waals surface area (Å²) in [5.41, 5.74) is 1.91. The Morgan fingerprint density at radius 2 is 1.69 bits per heavy atom. The van der Waals surface area contributed by atoms with E-state index >= 15 is 0 Å². The molecule has 10 heteroatoms. The molecule has 2 aromatic carbocycles. The van der Waals surface area contributed by atoms with Gasteiger partial charge in [-0.25, -0.2) is 8.42 Å². The molecule has 2 amide bonds. The number of hydrogen-bond acceptors (Lipinski definition) is 6. The Bertz CT molecular complexity index is 1160. The molecule has 0 saturated heterocycles. The van der Waals surface area contributed by atoms with Crippen LogP contribution in [0.25, 0.3) is 0 Å². The molecule has 0 fully saturated rings. The van der Waals surface area contributed by atoms with Crippen LogP contribution < -0.4 is 19.7 Å². The number of carbonyl (C=O) groups is 2. The fraction of sp³-hybridized carbons (Fsp3) is 0.182. The Morgan fingerprint density at radius 1 is 1.00 bits per heavy atom. The highest BCUT2D eigenvalue weighted by Crippen LogP contribution is 2.26. The van der Waals surface area contributed by atoms with Gasteiger partial charge in [0.1, 0.15) is 9.96 Å². The molecule has 3 aromatic rings. The van der Waals surface area contributed by atoms with Crippen LogP contribution in [0, 0.1) is 0 Å². The van der Waals surface area contributed by atoms with Gasteiger partial charge in [-0.05, 0) is 53.4 Å². The lowest BCUT2D eigenvalue weighted by atomic mass is 10.1. The van der Waals surface area contributed by atoms with Crippen LogP contribution >= 0.6 is 11.3 Å². The average Bonchev–Trinajstić information content (AvgIpc) is 3.35. The monoisotopic (exact) mass is 473 g/mol. The summed E-state index contributed by atoms with van der Waals surface area (Å²) in [7, 11) is -0.545. The number of likely N-dealkylation sites (N-methyl/N-ethyl adjacent to an activating group) is 1. The molecule has 0 bridgehead atoms. The van der Waals surface area contributed by atoms with Gasteiger partial charge >= 0.3 is 0 Å². The molecule has 3 rings (SSSR count). The first-order valence-electron chi connectivity index (χ1n) is 9.64. The Kier molecular flexibility index (Phi) is 7.49. The zero-order valence-corrected chi connectivity index (χ0v) is 19.2. The maximum Gasteiger partial charge on any atom is 0.273 e. The molecule has 0 aliphatic carbocycles. The lowest BCUT2D eigenvalue weighted by Crippen LogP contribution is -2.25. The van der Waals surface area contributed by atoms with Crippen LogP contribution in [0.3, 0.4) is 0 Å². The minimum Gasteiger partial charge on any atom is -0.484 e. The molecule has 0 aliphatic heterocycles. The molecule has 32 heavy (non-hydrogen) atoms. The van der Waals surface area contributed by atoms with Crippen LogP contribution in [-0.2, 0) is 26.0 Å². The third kappa shape index (κ3) is 5.86. The second-order valence-corrected chi connectivity index (χ2v) is 9.93. The van der Waals surface area contributed by atoms with Crippen molar-refractivity contribution in [3.63, 3.8) is 0 Å². The summed E-state index contributed by atoms with van der Waals surface area (Å²) >= 11 is 1.16. The molecule has 2 N–H and O–H groups in total. The highest BCUT2D eigenvalue weighted by atomic mass is 32.2. The maximum atomic E-state index is 12.6. The van der Waals surface area contributed by atoms with Crippen LogP contribution in [0.1, 0.15) is 5.56 Å². The Balaban J connectivity index is 1.52. The van der Waals surface area contributed by atoms with E-state index < -0.39 is 10.0 Å². The second-order valence-electron chi connectivity index (χ2n) is 6.78. The number of sulfonamides is 1. The van der Waals surface area contributed by atoms with Crippen LogP contribution in [0.5, 0.6) is 5.75 Å². The van der Waals surface area contributed by atoms with Gasteiger partial charge in [0.25, 0.3) is 15.9 Å². The van der Waals surface area contributed by atoms with E-state index in [1.54, 1.807) is 73.1 Å². The second kappa shape index (κ2) is 10.3. The van der Waals surface area contributed by atoms with Crippen molar-refractivity contribution in [1.29, 1.82) is 0 Å². The van der Waals surface area contributed by atoms with Gasteiger partial charge in [-0.3, -0.25) is 13.9 Å². The number of thiophene rings is 1. The molecule has 0 unspecified atom stereocenters. The maximum absolute atomic E-state index is 12.6. The lowest BCUT2D eigenvalue weighted by Gasteiger charge is -2.18. The topological polar surface area (TPSA) is 105 Å². The third-order valence-corrected chi connectivity index (χ3v) is 7.72. The smallest absolute Gasteiger partial charge is 0.273 e. The van der Waals surface area contributed by atoms with E-state index in [9.17, 15) is 18.0 Å². The predicted octanol–water partition coefficient (Wildman–Crippen LogP) is 2.88. The zero-order valence-electron chi connectivity index (χ0n) is 17.6. The van der Waals surface area contributed by atoms with Crippen LogP contribution in [0.4, 0.5) is 11.4 Å². The third-order valence-electron chi connectivity index (χ3n) is 4.56. The molecule has 168 valence electrons. The van der Waals surface area contributed by atoms with Crippen molar-refractivity contribution in [2.75, 3.05) is 30.3 Å². The lowest BCUT2D eigenvalue weighted by molar-refractivity contribution is -0.120. The number of nitrogens with one attached hydrogen (secondary N) is 2. The predicted molar refractivity (Wildman–Crippen MR) is 125 cm³/mol. The number of hydrogen-bond donors (Lipinski definition) is 2. The molecule has 0 saturated carbocycles. The first kappa shape index (κ1) is 23.3. The molecule has 0 spiro atoms. The number of carbonyl (C=O) groups excluding carboxylic acids is 2.